The van der Waals surface area contributed by atoms with Crippen LogP contribution in [0.5, 0.6) is 0 Å². The number of nitrogens with one attached hydrogen (secondary N) is 1. The molecule has 0 amide bonds. The lowest BCUT2D eigenvalue weighted by molar-refractivity contribution is 0.293. The van der Waals surface area contributed by atoms with E-state index in [-0.39, 0.29) is 5.41 Å². The molecule has 0 bridgehead atoms. The predicted molar refractivity (Wildman–Crippen MR) is 55.1 cm³/mol. The molecule has 1 aliphatic heterocycles. The van der Waals surface area contributed by atoms with Crippen molar-refractivity contribution >= 4 is 0 Å². The summed E-state index contributed by atoms with van der Waals surface area (Å²) in [6, 6.07) is 0. The molecule has 4 heteroatoms. The lowest BCUT2D eigenvalue weighted by atomic mass is 9.96. The zero-order valence-corrected chi connectivity index (χ0v) is 9.12. The van der Waals surface area contributed by atoms with Crippen molar-refractivity contribution in [2.45, 2.75) is 32.7 Å². The van der Waals surface area contributed by atoms with Gasteiger partial charge in [0.2, 0.25) is 0 Å². The van der Waals surface area contributed by atoms with Crippen molar-refractivity contribution in [2.75, 3.05) is 13.1 Å². The predicted octanol–water partition coefficient (Wildman–Crippen LogP) is 0.795. The van der Waals surface area contributed by atoms with Gasteiger partial charge < -0.3 is 5.32 Å². The van der Waals surface area contributed by atoms with Crippen LogP contribution in [-0.4, -0.2) is 27.9 Å². The summed E-state index contributed by atoms with van der Waals surface area (Å²) in [7, 11) is 0. The Morgan fingerprint density at radius 3 is 2.64 bits per heavy atom. The monoisotopic (exact) mass is 194 g/mol. The zero-order valence-electron chi connectivity index (χ0n) is 9.12. The normalized spacial score (nSPS) is 18.2. The molecule has 0 aliphatic carbocycles. The van der Waals surface area contributed by atoms with Gasteiger partial charge >= 0.3 is 0 Å². The summed E-state index contributed by atoms with van der Waals surface area (Å²) in [5.74, 6) is 1.68. The third-order valence-corrected chi connectivity index (χ3v) is 2.52. The minimum atomic E-state index is 0.0586. The van der Waals surface area contributed by atoms with E-state index in [0.29, 0.717) is 0 Å². The van der Waals surface area contributed by atoms with Gasteiger partial charge in [0, 0.05) is 31.0 Å². The summed E-state index contributed by atoms with van der Waals surface area (Å²) in [4.78, 5) is 4.33. The first-order chi connectivity index (χ1) is 6.55. The third kappa shape index (κ3) is 1.95. The van der Waals surface area contributed by atoms with Gasteiger partial charge in [-0.2, -0.15) is 5.10 Å². The molecule has 0 atom stereocenters. The first-order valence-electron chi connectivity index (χ1n) is 5.16. The van der Waals surface area contributed by atoms with Crippen molar-refractivity contribution in [2.24, 2.45) is 5.92 Å². The molecule has 0 aromatic carbocycles. The van der Waals surface area contributed by atoms with Crippen LogP contribution in [0.15, 0.2) is 6.33 Å². The van der Waals surface area contributed by atoms with Crippen molar-refractivity contribution < 1.29 is 0 Å². The van der Waals surface area contributed by atoms with E-state index in [0.717, 1.165) is 31.4 Å². The zero-order chi connectivity index (χ0) is 10.2. The minimum absolute atomic E-state index is 0.0586. The van der Waals surface area contributed by atoms with E-state index in [9.17, 15) is 0 Å². The van der Waals surface area contributed by atoms with Gasteiger partial charge in [0.1, 0.15) is 6.33 Å². The van der Waals surface area contributed by atoms with Crippen LogP contribution in [0.1, 0.15) is 26.6 Å². The van der Waals surface area contributed by atoms with Crippen molar-refractivity contribution in [3.05, 3.63) is 12.2 Å². The van der Waals surface area contributed by atoms with Gasteiger partial charge in [-0.25, -0.2) is 4.98 Å². The first-order valence-corrected chi connectivity index (χ1v) is 5.16. The maximum absolute atomic E-state index is 4.48. The van der Waals surface area contributed by atoms with Gasteiger partial charge in [0.15, 0.2) is 5.82 Å². The second-order valence-electron chi connectivity index (χ2n) is 5.06. The summed E-state index contributed by atoms with van der Waals surface area (Å²) in [5.41, 5.74) is 0.0586. The van der Waals surface area contributed by atoms with Crippen LogP contribution < -0.4 is 5.32 Å². The number of aromatic nitrogens is 3. The number of nitrogens with zero attached hydrogens (tertiary/aromatic N) is 3. The Bertz CT molecular complexity index is 306. The highest BCUT2D eigenvalue weighted by Gasteiger charge is 2.21. The van der Waals surface area contributed by atoms with Gasteiger partial charge in [0.05, 0.1) is 0 Å². The lowest BCUT2D eigenvalue weighted by Crippen LogP contribution is -2.44. The summed E-state index contributed by atoms with van der Waals surface area (Å²) >= 11 is 0. The number of rotatable bonds is 2. The Morgan fingerprint density at radius 1 is 1.50 bits per heavy atom. The molecule has 1 N–H and O–H groups in total. The first kappa shape index (κ1) is 9.65. The van der Waals surface area contributed by atoms with Crippen LogP contribution in [0, 0.1) is 5.92 Å². The second-order valence-corrected chi connectivity index (χ2v) is 5.06. The average molecular weight is 194 g/mol. The fourth-order valence-electron chi connectivity index (χ4n) is 1.47. The van der Waals surface area contributed by atoms with Gasteiger partial charge in [0.25, 0.3) is 0 Å². The van der Waals surface area contributed by atoms with Crippen molar-refractivity contribution in [1.82, 2.24) is 20.1 Å². The van der Waals surface area contributed by atoms with E-state index in [4.69, 9.17) is 0 Å². The molecule has 0 unspecified atom stereocenters. The molecule has 78 valence electrons. The van der Waals surface area contributed by atoms with Crippen molar-refractivity contribution in [1.29, 1.82) is 0 Å². The smallest absolute Gasteiger partial charge is 0.155 e. The van der Waals surface area contributed by atoms with Crippen LogP contribution in [-0.2, 0) is 12.0 Å². The summed E-state index contributed by atoms with van der Waals surface area (Å²) in [6.45, 7) is 9.64. The Morgan fingerprint density at radius 2 is 2.21 bits per heavy atom. The molecule has 1 aliphatic rings. The Hall–Kier alpha value is -0.900. The Balaban J connectivity index is 2.02. The fourth-order valence-corrected chi connectivity index (χ4v) is 1.47. The summed E-state index contributed by atoms with van der Waals surface area (Å²) in [5, 5.41) is 7.74. The average Bonchev–Trinajstić information content (AvgIpc) is 2.43. The molecule has 0 saturated carbocycles. The molecule has 0 radical (unpaired) electrons. The second kappa shape index (κ2) is 3.35. The molecule has 14 heavy (non-hydrogen) atoms. The third-order valence-electron chi connectivity index (χ3n) is 2.52. The van der Waals surface area contributed by atoms with Crippen molar-refractivity contribution in [3.8, 4) is 0 Å². The van der Waals surface area contributed by atoms with Crippen LogP contribution in [0.25, 0.3) is 0 Å². The molecular weight excluding hydrogens is 176 g/mol. The molecule has 4 nitrogen and oxygen atoms in total. The largest absolute Gasteiger partial charge is 0.316 e. The topological polar surface area (TPSA) is 42.7 Å². The van der Waals surface area contributed by atoms with E-state index >= 15 is 0 Å². The van der Waals surface area contributed by atoms with Gasteiger partial charge in [-0.05, 0) is 0 Å². The van der Waals surface area contributed by atoms with Gasteiger partial charge in [-0.3, -0.25) is 4.68 Å². The van der Waals surface area contributed by atoms with Gasteiger partial charge in [-0.1, -0.05) is 20.8 Å². The van der Waals surface area contributed by atoms with E-state index in [1.165, 1.54) is 0 Å². The highest BCUT2D eigenvalue weighted by Crippen LogP contribution is 2.17. The van der Waals surface area contributed by atoms with Crippen LogP contribution in [0.4, 0.5) is 0 Å². The summed E-state index contributed by atoms with van der Waals surface area (Å²) < 4.78 is 1.96. The number of hydrogen-bond donors (Lipinski definition) is 1. The number of hydrogen-bond acceptors (Lipinski definition) is 3. The maximum atomic E-state index is 4.48. The molecule has 1 saturated heterocycles. The standard InChI is InChI=1S/C10H18N4/c1-10(2,3)9-12-7-14(13-9)6-8-4-11-5-8/h7-8,11H,4-6H2,1-3H3. The molecule has 1 aromatic heterocycles. The lowest BCUT2D eigenvalue weighted by Gasteiger charge is -2.26. The maximum Gasteiger partial charge on any atom is 0.155 e. The highest BCUT2D eigenvalue weighted by molar-refractivity contribution is 4.98. The van der Waals surface area contributed by atoms with E-state index < -0.39 is 0 Å². The summed E-state index contributed by atoms with van der Waals surface area (Å²) in [6.07, 6.45) is 1.85. The molecule has 1 fully saturated rings. The molecule has 2 heterocycles. The Labute approximate surface area is 84.7 Å². The molecule has 1 aromatic rings. The van der Waals surface area contributed by atoms with Crippen LogP contribution >= 0.6 is 0 Å². The Kier molecular flexibility index (Phi) is 2.31. The van der Waals surface area contributed by atoms with E-state index in [1.54, 1.807) is 0 Å². The highest BCUT2D eigenvalue weighted by atomic mass is 15.3. The van der Waals surface area contributed by atoms with E-state index in [1.807, 2.05) is 11.0 Å². The fraction of sp³-hybridized carbons (Fsp3) is 0.800. The van der Waals surface area contributed by atoms with E-state index in [2.05, 4.69) is 36.2 Å². The quantitative estimate of drug-likeness (QED) is 0.757. The van der Waals surface area contributed by atoms with Crippen molar-refractivity contribution in [3.63, 3.8) is 0 Å². The molecule has 2 rings (SSSR count). The van der Waals surface area contributed by atoms with Gasteiger partial charge in [-0.15, -0.1) is 0 Å². The SMILES string of the molecule is CC(C)(C)c1ncn(CC2CNC2)n1. The van der Waals surface area contributed by atoms with Crippen LogP contribution in [0.3, 0.4) is 0 Å². The van der Waals surface area contributed by atoms with Crippen LogP contribution in [0.2, 0.25) is 0 Å². The molecule has 0 spiro atoms. The molecular formula is C10H18N4. The minimum Gasteiger partial charge on any atom is -0.316 e.